The summed E-state index contributed by atoms with van der Waals surface area (Å²) in [5.41, 5.74) is 18.5. The van der Waals surface area contributed by atoms with Gasteiger partial charge in [-0.15, -0.1) is 0 Å². The van der Waals surface area contributed by atoms with Crippen LogP contribution in [0.5, 0.6) is 0 Å². The highest BCUT2D eigenvalue weighted by atomic mass is 15.5. The first-order valence-electron chi connectivity index (χ1n) is 26.8. The van der Waals surface area contributed by atoms with Crippen LogP contribution in [0.2, 0.25) is 0 Å². The predicted molar refractivity (Wildman–Crippen MR) is 301 cm³/mol. The van der Waals surface area contributed by atoms with Gasteiger partial charge >= 0.3 is 0 Å². The van der Waals surface area contributed by atoms with Gasteiger partial charge in [-0.25, -0.2) is 0 Å². The number of hydrogen-bond donors (Lipinski definition) is 1. The van der Waals surface area contributed by atoms with Crippen LogP contribution in [-0.2, 0) is 23.7 Å². The van der Waals surface area contributed by atoms with Gasteiger partial charge in [-0.3, -0.25) is 10.2 Å². The minimum atomic E-state index is -0.164. The Balaban J connectivity index is 1.14. The van der Waals surface area contributed by atoms with E-state index in [0.717, 1.165) is 42.6 Å². The third-order valence-electron chi connectivity index (χ3n) is 17.0. The molecule has 5 aromatic carbocycles. The molecule has 5 heteroatoms. The van der Waals surface area contributed by atoms with Crippen molar-refractivity contribution in [2.24, 2.45) is 16.7 Å². The first-order chi connectivity index (χ1) is 34.2. The molecule has 0 spiro atoms. The monoisotopic (exact) mass is 950 g/mol. The minimum Gasteiger partial charge on any atom is -0.333 e. The topological polar surface area (TPSA) is 47.2 Å². The highest BCUT2D eigenvalue weighted by Gasteiger charge is 2.47. The van der Waals surface area contributed by atoms with Gasteiger partial charge in [0.1, 0.15) is 6.07 Å². The third-order valence-corrected chi connectivity index (χ3v) is 17.0. The molecule has 1 aromatic heterocycles. The molecule has 6 unspecified atom stereocenters. The standard InChI is InChI=1S/C67H75N5/c1-64(2,3)46-27-31-56-51(36-46)52-37-47(65(4,5)6)28-32-57(52)71(56)60-40-61(72-58-33-29-48(66(7,8)9)38-53(58)54-39-49(67(10,11)12)30-34-59(54)72)55(35-45(60)41-68)63-69-62(70(63)50-21-17-14-18-22-50)44-25-23-43(24-26-44)42-19-15-13-16-20-42/h13-21,23-27,29-31,33-36,38-40,47,50,53,58,62-63,69H,22,28,32,37H2,1-12H3. The second kappa shape index (κ2) is 17.5. The summed E-state index contributed by atoms with van der Waals surface area (Å²) in [4.78, 5) is 5.32. The van der Waals surface area contributed by atoms with Crippen molar-refractivity contribution < 1.29 is 0 Å². The molecule has 0 saturated carbocycles. The van der Waals surface area contributed by atoms with Crippen molar-refractivity contribution in [2.75, 3.05) is 4.90 Å². The number of allylic oxidation sites excluding steroid dienone is 4. The zero-order chi connectivity index (χ0) is 50.6. The Morgan fingerprint density at radius 2 is 1.36 bits per heavy atom. The molecular weight excluding hydrogens is 875 g/mol. The molecule has 0 bridgehead atoms. The van der Waals surface area contributed by atoms with Crippen LogP contribution in [0.3, 0.4) is 0 Å². The predicted octanol–water partition coefficient (Wildman–Crippen LogP) is 16.5. The fourth-order valence-corrected chi connectivity index (χ4v) is 12.6. The highest BCUT2D eigenvalue weighted by Crippen LogP contribution is 2.55. The maximum atomic E-state index is 11.6. The Morgan fingerprint density at radius 3 is 2.03 bits per heavy atom. The zero-order valence-electron chi connectivity index (χ0n) is 44.9. The number of aromatic nitrogens is 1. The number of rotatable bonds is 6. The Bertz CT molecular complexity index is 3250. The van der Waals surface area contributed by atoms with Crippen molar-refractivity contribution in [1.82, 2.24) is 14.8 Å². The van der Waals surface area contributed by atoms with Crippen LogP contribution in [0.15, 0.2) is 151 Å². The Kier molecular flexibility index (Phi) is 11.7. The second-order valence-electron chi connectivity index (χ2n) is 25.8. The van der Waals surface area contributed by atoms with E-state index >= 15 is 0 Å². The molecule has 0 radical (unpaired) electrons. The van der Waals surface area contributed by atoms with E-state index in [0.29, 0.717) is 11.5 Å². The van der Waals surface area contributed by atoms with Gasteiger partial charge < -0.3 is 9.47 Å². The van der Waals surface area contributed by atoms with Gasteiger partial charge in [0, 0.05) is 34.3 Å². The van der Waals surface area contributed by atoms with E-state index in [1.54, 1.807) is 0 Å². The van der Waals surface area contributed by atoms with E-state index in [4.69, 9.17) is 0 Å². The van der Waals surface area contributed by atoms with Gasteiger partial charge in [-0.05, 0) is 128 Å². The molecule has 1 N–H and O–H groups in total. The molecule has 5 nitrogen and oxygen atoms in total. The van der Waals surface area contributed by atoms with Crippen LogP contribution in [0, 0.1) is 28.1 Å². The summed E-state index contributed by atoms with van der Waals surface area (Å²) in [7, 11) is 0. The quantitative estimate of drug-likeness (QED) is 0.181. The lowest BCUT2D eigenvalue weighted by atomic mass is 9.71. The van der Waals surface area contributed by atoms with E-state index in [1.807, 2.05) is 0 Å². The van der Waals surface area contributed by atoms with Crippen LogP contribution >= 0.6 is 0 Å². The molecule has 368 valence electrons. The van der Waals surface area contributed by atoms with E-state index in [-0.39, 0.29) is 52.0 Å². The Hall–Kier alpha value is -6.19. The number of hydrogen-bond acceptors (Lipinski definition) is 4. The average molecular weight is 950 g/mol. The SMILES string of the molecule is CC(C)(C)C1=CC2c3cc(C(C)(C)C)ccc3N(c3cc(-n4c5c(c6cc(C(C)(C)C)ccc64)CC(C(C)(C)C)CC5)c(C#N)cc3C3NC(c4ccc(-c5ccccc5)cc4)N3C3C=CC=CC3)C2C=C1. The average Bonchev–Trinajstić information content (AvgIpc) is 3.84. The number of nitriles is 1. The van der Waals surface area contributed by atoms with Crippen molar-refractivity contribution >= 4 is 22.3 Å². The molecule has 1 saturated heterocycles. The van der Waals surface area contributed by atoms with E-state index < -0.39 is 0 Å². The van der Waals surface area contributed by atoms with Crippen LogP contribution in [-0.4, -0.2) is 21.6 Å². The summed E-state index contributed by atoms with van der Waals surface area (Å²) in [6.45, 7) is 28.2. The summed E-state index contributed by atoms with van der Waals surface area (Å²) in [5.74, 6) is 0.726. The lowest BCUT2D eigenvalue weighted by Gasteiger charge is -2.54. The highest BCUT2D eigenvalue weighted by molar-refractivity contribution is 5.90. The molecule has 5 aliphatic rings. The largest absolute Gasteiger partial charge is 0.333 e. The van der Waals surface area contributed by atoms with Crippen molar-refractivity contribution in [1.29, 1.82) is 5.26 Å². The number of nitrogens with one attached hydrogen (secondary N) is 1. The molecule has 3 heterocycles. The van der Waals surface area contributed by atoms with E-state index in [2.05, 4.69) is 254 Å². The maximum Gasteiger partial charge on any atom is 0.101 e. The summed E-state index contributed by atoms with van der Waals surface area (Å²) in [6, 6.07) is 42.0. The van der Waals surface area contributed by atoms with Gasteiger partial charge in [0.2, 0.25) is 0 Å². The minimum absolute atomic E-state index is 0.00199. The zero-order valence-corrected chi connectivity index (χ0v) is 44.9. The summed E-state index contributed by atoms with van der Waals surface area (Å²) in [6.07, 6.45) is 20.3. The summed E-state index contributed by atoms with van der Waals surface area (Å²) >= 11 is 0. The van der Waals surface area contributed by atoms with Crippen molar-refractivity contribution in [3.05, 3.63) is 196 Å². The van der Waals surface area contributed by atoms with Crippen LogP contribution in [0.25, 0.3) is 27.7 Å². The Labute approximate surface area is 430 Å². The number of anilines is 2. The molecule has 1 fully saturated rings. The Morgan fingerprint density at radius 1 is 0.653 bits per heavy atom. The molecule has 0 amide bonds. The summed E-state index contributed by atoms with van der Waals surface area (Å²) < 4.78 is 2.52. The third kappa shape index (κ3) is 8.33. The maximum absolute atomic E-state index is 11.6. The fraction of sp³-hybridized carbons (Fsp3) is 0.388. The normalized spacial score (nSPS) is 23.1. The van der Waals surface area contributed by atoms with E-state index in [1.165, 1.54) is 66.8 Å². The number of nitrogens with zero attached hydrogens (tertiary/aromatic N) is 4. The lowest BCUT2D eigenvalue weighted by molar-refractivity contribution is -0.0538. The van der Waals surface area contributed by atoms with Crippen LogP contribution in [0.1, 0.15) is 159 Å². The molecule has 3 aliphatic carbocycles. The van der Waals surface area contributed by atoms with Gasteiger partial charge in [-0.1, -0.05) is 198 Å². The lowest BCUT2D eigenvalue weighted by Crippen LogP contribution is -2.61. The van der Waals surface area contributed by atoms with Crippen LogP contribution < -0.4 is 10.2 Å². The first-order valence-corrected chi connectivity index (χ1v) is 26.8. The molecular formula is C67H75N5. The van der Waals surface area contributed by atoms with Crippen molar-refractivity contribution in [3.63, 3.8) is 0 Å². The number of fused-ring (bicyclic) bond motifs is 6. The first kappa shape index (κ1) is 48.1. The molecule has 2 aliphatic heterocycles. The number of benzene rings is 5. The molecule has 72 heavy (non-hydrogen) atoms. The van der Waals surface area contributed by atoms with Gasteiger partial charge in [-0.2, -0.15) is 5.26 Å². The van der Waals surface area contributed by atoms with Gasteiger partial charge in [0.05, 0.1) is 40.8 Å². The smallest absolute Gasteiger partial charge is 0.101 e. The molecule has 11 rings (SSSR count). The second-order valence-corrected chi connectivity index (χ2v) is 25.8. The van der Waals surface area contributed by atoms with Crippen molar-refractivity contribution in [2.45, 2.75) is 150 Å². The van der Waals surface area contributed by atoms with E-state index in [9.17, 15) is 5.26 Å². The van der Waals surface area contributed by atoms with Crippen molar-refractivity contribution in [3.8, 4) is 22.9 Å². The summed E-state index contributed by atoms with van der Waals surface area (Å²) in [5, 5.41) is 17.1. The van der Waals surface area contributed by atoms with Gasteiger partial charge in [0.15, 0.2) is 0 Å². The van der Waals surface area contributed by atoms with Crippen LogP contribution in [0.4, 0.5) is 11.4 Å². The fourth-order valence-electron chi connectivity index (χ4n) is 12.6. The molecule has 6 aromatic rings. The molecule has 6 atom stereocenters. The van der Waals surface area contributed by atoms with Gasteiger partial charge in [0.25, 0.3) is 0 Å².